The third kappa shape index (κ3) is 2.42. The minimum atomic E-state index is -0.305. The number of amides is 1. The molecule has 1 heterocycles. The van der Waals surface area contributed by atoms with E-state index in [0.29, 0.717) is 0 Å². The van der Waals surface area contributed by atoms with Gasteiger partial charge in [-0.25, -0.2) is 0 Å². The summed E-state index contributed by atoms with van der Waals surface area (Å²) in [4.78, 5) is 13.0. The Kier molecular flexibility index (Phi) is 3.69. The summed E-state index contributed by atoms with van der Waals surface area (Å²) in [5.41, 5.74) is 5.22. The molecule has 1 aliphatic rings. The van der Waals surface area contributed by atoms with Crippen LogP contribution in [0.2, 0.25) is 0 Å². The van der Waals surface area contributed by atoms with Gasteiger partial charge in [-0.15, -0.1) is 0 Å². The Morgan fingerprint density at radius 2 is 2.38 bits per heavy atom. The van der Waals surface area contributed by atoms with Crippen LogP contribution in [-0.2, 0) is 4.79 Å². The van der Waals surface area contributed by atoms with Crippen LogP contribution in [0.4, 0.5) is 0 Å². The zero-order valence-corrected chi connectivity index (χ0v) is 8.07. The van der Waals surface area contributed by atoms with E-state index in [-0.39, 0.29) is 24.6 Å². The molecular weight excluding hydrogens is 168 g/mol. The average molecular weight is 186 g/mol. The highest BCUT2D eigenvalue weighted by Crippen LogP contribution is 2.18. The van der Waals surface area contributed by atoms with Crippen molar-refractivity contribution in [2.75, 3.05) is 13.2 Å². The molecule has 3 N–H and O–H groups in total. The molecule has 0 bridgehead atoms. The fraction of sp³-hybridized carbons (Fsp3) is 0.889. The standard InChI is InChI=1S/C9H18N2O2/c1-7(9(10)13)11-5-3-2-4-8(11)6-12/h7-8,12H,2-6H2,1H3,(H2,10,13). The molecule has 76 valence electrons. The van der Waals surface area contributed by atoms with Crippen molar-refractivity contribution in [3.05, 3.63) is 0 Å². The Morgan fingerprint density at radius 3 is 2.92 bits per heavy atom. The second-order valence-electron chi connectivity index (χ2n) is 3.65. The largest absolute Gasteiger partial charge is 0.395 e. The average Bonchev–Trinajstić information content (AvgIpc) is 2.16. The maximum atomic E-state index is 11.0. The highest BCUT2D eigenvalue weighted by molar-refractivity contribution is 5.79. The van der Waals surface area contributed by atoms with Crippen molar-refractivity contribution >= 4 is 5.91 Å². The van der Waals surface area contributed by atoms with Gasteiger partial charge in [0.05, 0.1) is 12.6 Å². The fourth-order valence-electron chi connectivity index (χ4n) is 1.89. The number of carbonyl (C=O) groups is 1. The van der Waals surface area contributed by atoms with E-state index in [9.17, 15) is 4.79 Å². The van der Waals surface area contributed by atoms with Crippen LogP contribution in [0.1, 0.15) is 26.2 Å². The van der Waals surface area contributed by atoms with Gasteiger partial charge in [0.2, 0.25) is 5.91 Å². The molecule has 0 aromatic carbocycles. The fourth-order valence-corrected chi connectivity index (χ4v) is 1.89. The van der Waals surface area contributed by atoms with Gasteiger partial charge in [0.15, 0.2) is 0 Å². The Hall–Kier alpha value is -0.610. The highest BCUT2D eigenvalue weighted by Gasteiger charge is 2.28. The Balaban J connectivity index is 2.58. The van der Waals surface area contributed by atoms with Crippen LogP contribution in [0.5, 0.6) is 0 Å². The van der Waals surface area contributed by atoms with Crippen molar-refractivity contribution in [3.63, 3.8) is 0 Å². The topological polar surface area (TPSA) is 66.6 Å². The molecule has 0 aromatic heterocycles. The third-order valence-electron chi connectivity index (χ3n) is 2.79. The van der Waals surface area contributed by atoms with Gasteiger partial charge in [-0.1, -0.05) is 6.42 Å². The van der Waals surface area contributed by atoms with Gasteiger partial charge in [0.1, 0.15) is 0 Å². The number of piperidine rings is 1. The lowest BCUT2D eigenvalue weighted by molar-refractivity contribution is -0.124. The van der Waals surface area contributed by atoms with Crippen LogP contribution in [-0.4, -0.2) is 41.1 Å². The Bertz CT molecular complexity index is 184. The minimum absolute atomic E-state index is 0.122. The van der Waals surface area contributed by atoms with E-state index < -0.39 is 0 Å². The van der Waals surface area contributed by atoms with Crippen LogP contribution in [0.15, 0.2) is 0 Å². The Labute approximate surface area is 78.7 Å². The first kappa shape index (κ1) is 10.5. The van der Waals surface area contributed by atoms with E-state index >= 15 is 0 Å². The number of hydrogen-bond acceptors (Lipinski definition) is 3. The van der Waals surface area contributed by atoms with Crippen LogP contribution in [0.3, 0.4) is 0 Å². The van der Waals surface area contributed by atoms with E-state index in [1.807, 2.05) is 4.90 Å². The summed E-state index contributed by atoms with van der Waals surface area (Å²) < 4.78 is 0. The third-order valence-corrected chi connectivity index (χ3v) is 2.79. The maximum Gasteiger partial charge on any atom is 0.234 e. The predicted octanol–water partition coefficient (Wildman–Crippen LogP) is -0.293. The quantitative estimate of drug-likeness (QED) is 0.636. The van der Waals surface area contributed by atoms with Crippen LogP contribution in [0.25, 0.3) is 0 Å². The van der Waals surface area contributed by atoms with E-state index in [0.717, 1.165) is 25.8 Å². The van der Waals surface area contributed by atoms with Gasteiger partial charge in [-0.3, -0.25) is 9.69 Å². The van der Waals surface area contributed by atoms with Gasteiger partial charge >= 0.3 is 0 Å². The summed E-state index contributed by atoms with van der Waals surface area (Å²) in [6, 6.07) is -0.131. The van der Waals surface area contributed by atoms with Crippen molar-refractivity contribution in [1.29, 1.82) is 0 Å². The second kappa shape index (κ2) is 4.58. The number of hydrogen-bond donors (Lipinski definition) is 2. The van der Waals surface area contributed by atoms with Crippen molar-refractivity contribution < 1.29 is 9.90 Å². The molecule has 1 saturated heterocycles. The molecule has 1 rings (SSSR count). The molecule has 4 nitrogen and oxygen atoms in total. The molecule has 0 aromatic rings. The number of nitrogens with zero attached hydrogens (tertiary/aromatic N) is 1. The van der Waals surface area contributed by atoms with E-state index in [1.165, 1.54) is 0 Å². The molecule has 2 unspecified atom stereocenters. The summed E-state index contributed by atoms with van der Waals surface area (Å²) in [5, 5.41) is 9.10. The predicted molar refractivity (Wildman–Crippen MR) is 50.1 cm³/mol. The van der Waals surface area contributed by atoms with E-state index in [4.69, 9.17) is 10.8 Å². The first-order valence-corrected chi connectivity index (χ1v) is 4.82. The monoisotopic (exact) mass is 186 g/mol. The summed E-state index contributed by atoms with van der Waals surface area (Å²) >= 11 is 0. The molecule has 0 aliphatic carbocycles. The Morgan fingerprint density at radius 1 is 1.69 bits per heavy atom. The number of rotatable bonds is 3. The number of primary amides is 1. The van der Waals surface area contributed by atoms with E-state index in [1.54, 1.807) is 6.92 Å². The summed E-state index contributed by atoms with van der Waals surface area (Å²) in [7, 11) is 0. The number of nitrogens with two attached hydrogens (primary N) is 1. The lowest BCUT2D eigenvalue weighted by atomic mass is 10.0. The van der Waals surface area contributed by atoms with Crippen LogP contribution in [0, 0.1) is 0 Å². The summed E-state index contributed by atoms with van der Waals surface area (Å²) in [6.45, 7) is 2.79. The number of likely N-dealkylation sites (tertiary alicyclic amines) is 1. The smallest absolute Gasteiger partial charge is 0.234 e. The first-order chi connectivity index (χ1) is 6.16. The molecule has 4 heteroatoms. The van der Waals surface area contributed by atoms with Crippen molar-refractivity contribution in [2.45, 2.75) is 38.3 Å². The maximum absolute atomic E-state index is 11.0. The summed E-state index contributed by atoms with van der Waals surface area (Å²) in [6.07, 6.45) is 3.19. The van der Waals surface area contributed by atoms with Crippen LogP contribution >= 0.6 is 0 Å². The van der Waals surface area contributed by atoms with Crippen LogP contribution < -0.4 is 5.73 Å². The lowest BCUT2D eigenvalue weighted by Crippen LogP contribution is -2.51. The first-order valence-electron chi connectivity index (χ1n) is 4.82. The molecule has 0 spiro atoms. The molecule has 0 radical (unpaired) electrons. The van der Waals surface area contributed by atoms with Gasteiger partial charge < -0.3 is 10.8 Å². The zero-order chi connectivity index (χ0) is 9.84. The molecular formula is C9H18N2O2. The zero-order valence-electron chi connectivity index (χ0n) is 8.07. The van der Waals surface area contributed by atoms with Gasteiger partial charge in [-0.05, 0) is 26.3 Å². The highest BCUT2D eigenvalue weighted by atomic mass is 16.3. The van der Waals surface area contributed by atoms with Crippen molar-refractivity contribution in [2.24, 2.45) is 5.73 Å². The molecule has 0 saturated carbocycles. The molecule has 1 fully saturated rings. The van der Waals surface area contributed by atoms with E-state index in [2.05, 4.69) is 0 Å². The normalized spacial score (nSPS) is 27.1. The van der Waals surface area contributed by atoms with Crippen molar-refractivity contribution in [3.8, 4) is 0 Å². The minimum Gasteiger partial charge on any atom is -0.395 e. The SMILES string of the molecule is CC(C(N)=O)N1CCCCC1CO. The van der Waals surface area contributed by atoms with Gasteiger partial charge in [0.25, 0.3) is 0 Å². The molecule has 1 amide bonds. The van der Waals surface area contributed by atoms with Gasteiger partial charge in [0, 0.05) is 6.04 Å². The van der Waals surface area contributed by atoms with Gasteiger partial charge in [-0.2, -0.15) is 0 Å². The second-order valence-corrected chi connectivity index (χ2v) is 3.65. The summed E-state index contributed by atoms with van der Waals surface area (Å²) in [5.74, 6) is -0.305. The molecule has 13 heavy (non-hydrogen) atoms. The molecule has 2 atom stereocenters. The number of aliphatic hydroxyl groups is 1. The number of carbonyl (C=O) groups excluding carboxylic acids is 1. The molecule has 1 aliphatic heterocycles. The van der Waals surface area contributed by atoms with Crippen molar-refractivity contribution in [1.82, 2.24) is 4.90 Å². The number of aliphatic hydroxyl groups excluding tert-OH is 1. The lowest BCUT2D eigenvalue weighted by Gasteiger charge is -2.37.